The molecule has 4 nitrogen and oxygen atoms in total. The Morgan fingerprint density at radius 2 is 2.29 bits per heavy atom. The van der Waals surface area contributed by atoms with E-state index >= 15 is 0 Å². The van der Waals surface area contributed by atoms with Gasteiger partial charge in [-0.3, -0.25) is 9.78 Å². The third-order valence-electron chi connectivity index (χ3n) is 2.06. The molecular formula is C10H11N3O. The molecule has 14 heavy (non-hydrogen) atoms. The molecule has 1 amide bonds. The second kappa shape index (κ2) is 3.14. The molecule has 2 rings (SSSR count). The Labute approximate surface area is 81.6 Å². The number of rotatable bonds is 1. The summed E-state index contributed by atoms with van der Waals surface area (Å²) in [7, 11) is 3.46. The highest BCUT2D eigenvalue weighted by Crippen LogP contribution is 2.13. The molecule has 0 aromatic carbocycles. The number of hydrogen-bond acceptors (Lipinski definition) is 2. The van der Waals surface area contributed by atoms with E-state index < -0.39 is 0 Å². The topological polar surface area (TPSA) is 49.0 Å². The van der Waals surface area contributed by atoms with Crippen molar-refractivity contribution in [3.63, 3.8) is 0 Å². The number of carbonyl (C=O) groups is 1. The van der Waals surface area contributed by atoms with Gasteiger partial charge in [-0.05, 0) is 12.1 Å². The Morgan fingerprint density at radius 3 is 2.93 bits per heavy atom. The molecule has 0 aliphatic rings. The monoisotopic (exact) mass is 189 g/mol. The van der Waals surface area contributed by atoms with E-state index in [4.69, 9.17) is 0 Å². The zero-order valence-corrected chi connectivity index (χ0v) is 8.11. The van der Waals surface area contributed by atoms with E-state index in [9.17, 15) is 4.79 Å². The van der Waals surface area contributed by atoms with Gasteiger partial charge in [0.2, 0.25) is 0 Å². The summed E-state index contributed by atoms with van der Waals surface area (Å²) in [6, 6.07) is 3.71. The molecule has 0 bridgehead atoms. The van der Waals surface area contributed by atoms with Crippen molar-refractivity contribution in [1.82, 2.24) is 14.9 Å². The van der Waals surface area contributed by atoms with Crippen LogP contribution in [0.4, 0.5) is 0 Å². The molecule has 0 unspecified atom stereocenters. The molecule has 72 valence electrons. The number of pyridine rings is 1. The first-order valence-electron chi connectivity index (χ1n) is 4.33. The fraction of sp³-hybridized carbons (Fsp3) is 0.200. The lowest BCUT2D eigenvalue weighted by Gasteiger charge is -2.07. The third kappa shape index (κ3) is 1.35. The standard InChI is InChI=1S/C10H11N3O/c1-13(2)10(14)8-5-7-3-4-11-6-9(7)12-8/h3-6,12H,1-2H3. The van der Waals surface area contributed by atoms with Crippen LogP contribution in [0, 0.1) is 0 Å². The van der Waals surface area contributed by atoms with Crippen molar-refractivity contribution < 1.29 is 4.79 Å². The first-order valence-corrected chi connectivity index (χ1v) is 4.33. The molecule has 2 aromatic heterocycles. The summed E-state index contributed by atoms with van der Waals surface area (Å²) in [6.07, 6.45) is 3.42. The molecule has 0 radical (unpaired) electrons. The summed E-state index contributed by atoms with van der Waals surface area (Å²) in [5, 5.41) is 1.00. The van der Waals surface area contributed by atoms with Crippen molar-refractivity contribution >= 4 is 16.8 Å². The second-order valence-corrected chi connectivity index (χ2v) is 3.35. The van der Waals surface area contributed by atoms with Gasteiger partial charge in [0.1, 0.15) is 5.69 Å². The predicted molar refractivity (Wildman–Crippen MR) is 54.1 cm³/mol. The first kappa shape index (κ1) is 8.74. The van der Waals surface area contributed by atoms with Gasteiger partial charge in [-0.25, -0.2) is 0 Å². The van der Waals surface area contributed by atoms with Crippen LogP contribution in [-0.4, -0.2) is 34.9 Å². The van der Waals surface area contributed by atoms with Crippen molar-refractivity contribution in [2.75, 3.05) is 14.1 Å². The third-order valence-corrected chi connectivity index (χ3v) is 2.06. The lowest BCUT2D eigenvalue weighted by molar-refractivity contribution is 0.0823. The van der Waals surface area contributed by atoms with Crippen LogP contribution >= 0.6 is 0 Å². The van der Waals surface area contributed by atoms with Crippen LogP contribution in [0.15, 0.2) is 24.5 Å². The Morgan fingerprint density at radius 1 is 1.50 bits per heavy atom. The zero-order valence-electron chi connectivity index (χ0n) is 8.11. The normalized spacial score (nSPS) is 10.4. The number of nitrogens with one attached hydrogen (secondary N) is 1. The minimum atomic E-state index is -0.0267. The fourth-order valence-corrected chi connectivity index (χ4v) is 1.33. The van der Waals surface area contributed by atoms with Crippen molar-refractivity contribution in [2.45, 2.75) is 0 Å². The molecule has 0 spiro atoms. The smallest absolute Gasteiger partial charge is 0.269 e. The maximum atomic E-state index is 11.6. The number of carbonyl (C=O) groups excluding carboxylic acids is 1. The van der Waals surface area contributed by atoms with Crippen LogP contribution in [0.25, 0.3) is 10.9 Å². The summed E-state index contributed by atoms with van der Waals surface area (Å²) in [5.41, 5.74) is 1.48. The average Bonchev–Trinajstić information content (AvgIpc) is 2.59. The van der Waals surface area contributed by atoms with E-state index in [0.717, 1.165) is 10.9 Å². The molecule has 4 heteroatoms. The van der Waals surface area contributed by atoms with E-state index in [1.807, 2.05) is 12.1 Å². The Balaban J connectivity index is 2.50. The zero-order chi connectivity index (χ0) is 10.1. The number of amides is 1. The molecule has 2 aromatic rings. The molecule has 1 N–H and O–H groups in total. The highest BCUT2D eigenvalue weighted by atomic mass is 16.2. The number of fused-ring (bicyclic) bond motifs is 1. The van der Waals surface area contributed by atoms with Crippen molar-refractivity contribution in [1.29, 1.82) is 0 Å². The predicted octanol–water partition coefficient (Wildman–Crippen LogP) is 1.26. The Kier molecular flexibility index (Phi) is 1.96. The van der Waals surface area contributed by atoms with Crippen LogP contribution in [0.3, 0.4) is 0 Å². The molecule has 0 fully saturated rings. The van der Waals surface area contributed by atoms with E-state index in [1.54, 1.807) is 26.5 Å². The molecule has 0 aliphatic heterocycles. The first-order chi connectivity index (χ1) is 6.68. The molecule has 2 heterocycles. The van der Waals surface area contributed by atoms with Gasteiger partial charge < -0.3 is 9.88 Å². The average molecular weight is 189 g/mol. The Bertz CT molecular complexity index is 440. The lowest BCUT2D eigenvalue weighted by atomic mass is 10.3. The number of nitrogens with zero attached hydrogens (tertiary/aromatic N) is 2. The van der Waals surface area contributed by atoms with Gasteiger partial charge in [0.25, 0.3) is 5.91 Å². The van der Waals surface area contributed by atoms with Gasteiger partial charge in [0.15, 0.2) is 0 Å². The summed E-state index contributed by atoms with van der Waals surface area (Å²) in [4.78, 5) is 20.1. The van der Waals surface area contributed by atoms with Gasteiger partial charge in [-0.15, -0.1) is 0 Å². The number of H-pyrrole nitrogens is 1. The van der Waals surface area contributed by atoms with Crippen LogP contribution < -0.4 is 0 Å². The maximum Gasteiger partial charge on any atom is 0.269 e. The van der Waals surface area contributed by atoms with Crippen molar-refractivity contribution in [3.05, 3.63) is 30.2 Å². The van der Waals surface area contributed by atoms with E-state index in [2.05, 4.69) is 9.97 Å². The van der Waals surface area contributed by atoms with Gasteiger partial charge >= 0.3 is 0 Å². The van der Waals surface area contributed by atoms with Crippen molar-refractivity contribution in [3.8, 4) is 0 Å². The highest BCUT2D eigenvalue weighted by molar-refractivity contribution is 5.97. The van der Waals surface area contributed by atoms with Crippen LogP contribution in [-0.2, 0) is 0 Å². The van der Waals surface area contributed by atoms with Crippen LogP contribution in [0.5, 0.6) is 0 Å². The number of hydrogen-bond donors (Lipinski definition) is 1. The number of aromatic amines is 1. The van der Waals surface area contributed by atoms with Crippen LogP contribution in [0.2, 0.25) is 0 Å². The minimum Gasteiger partial charge on any atom is -0.349 e. The van der Waals surface area contributed by atoms with E-state index in [0.29, 0.717) is 5.69 Å². The summed E-state index contributed by atoms with van der Waals surface area (Å²) in [5.74, 6) is -0.0267. The summed E-state index contributed by atoms with van der Waals surface area (Å²) in [6.45, 7) is 0. The second-order valence-electron chi connectivity index (χ2n) is 3.35. The van der Waals surface area contributed by atoms with E-state index in [1.165, 1.54) is 4.90 Å². The minimum absolute atomic E-state index is 0.0267. The van der Waals surface area contributed by atoms with Gasteiger partial charge in [0.05, 0.1) is 11.7 Å². The van der Waals surface area contributed by atoms with Gasteiger partial charge in [-0.2, -0.15) is 0 Å². The SMILES string of the molecule is CN(C)C(=O)c1cc2ccncc2[nH]1. The molecule has 0 atom stereocenters. The molecule has 0 aliphatic carbocycles. The summed E-state index contributed by atoms with van der Waals surface area (Å²) >= 11 is 0. The molecule has 0 saturated carbocycles. The quantitative estimate of drug-likeness (QED) is 0.734. The molecular weight excluding hydrogens is 178 g/mol. The fourth-order valence-electron chi connectivity index (χ4n) is 1.33. The van der Waals surface area contributed by atoms with E-state index in [-0.39, 0.29) is 5.91 Å². The Hall–Kier alpha value is -1.84. The van der Waals surface area contributed by atoms with Gasteiger partial charge in [-0.1, -0.05) is 0 Å². The summed E-state index contributed by atoms with van der Waals surface area (Å²) < 4.78 is 0. The largest absolute Gasteiger partial charge is 0.349 e. The van der Waals surface area contributed by atoms with Crippen molar-refractivity contribution in [2.24, 2.45) is 0 Å². The highest BCUT2D eigenvalue weighted by Gasteiger charge is 2.10. The molecule has 0 saturated heterocycles. The lowest BCUT2D eigenvalue weighted by Crippen LogP contribution is -2.21. The van der Waals surface area contributed by atoms with Crippen LogP contribution in [0.1, 0.15) is 10.5 Å². The van der Waals surface area contributed by atoms with Gasteiger partial charge in [0, 0.05) is 25.7 Å². The maximum absolute atomic E-state index is 11.6. The number of aromatic nitrogens is 2.